The minimum Gasteiger partial charge on any atom is -0.393 e. The third-order valence-corrected chi connectivity index (χ3v) is 2.77. The van der Waals surface area contributed by atoms with E-state index in [0.717, 1.165) is 6.42 Å². The van der Waals surface area contributed by atoms with Crippen LogP contribution in [-0.4, -0.2) is 11.9 Å². The van der Waals surface area contributed by atoms with E-state index in [1.165, 1.54) is 0 Å². The van der Waals surface area contributed by atoms with E-state index in [2.05, 4.69) is 17.7 Å². The van der Waals surface area contributed by atoms with Crippen molar-refractivity contribution in [1.82, 2.24) is 0 Å². The molecule has 3 nitrogen and oxygen atoms in total. The van der Waals surface area contributed by atoms with Gasteiger partial charge in [-0.2, -0.15) is 0 Å². The number of rotatable bonds is 0. The van der Waals surface area contributed by atoms with Crippen molar-refractivity contribution >= 4 is 11.9 Å². The predicted octanol–water partition coefficient (Wildman–Crippen LogP) is 1.29. The lowest BCUT2D eigenvalue weighted by molar-refractivity contribution is -0.153. The van der Waals surface area contributed by atoms with Crippen LogP contribution >= 0.6 is 0 Å². The Morgan fingerprint density at radius 1 is 1.31 bits per heavy atom. The molecule has 1 aliphatic carbocycles. The Bertz CT molecular complexity index is 280. The second kappa shape index (κ2) is 2.98. The highest BCUT2D eigenvalue weighted by atomic mass is 16.6. The minimum absolute atomic E-state index is 0.197. The fourth-order valence-corrected chi connectivity index (χ4v) is 2.04. The second-order valence-electron chi connectivity index (χ2n) is 3.83. The van der Waals surface area contributed by atoms with Gasteiger partial charge in [-0.1, -0.05) is 19.1 Å². The second-order valence-corrected chi connectivity index (χ2v) is 3.83. The van der Waals surface area contributed by atoms with Gasteiger partial charge in [0.05, 0.1) is 11.8 Å². The first-order chi connectivity index (χ1) is 6.18. The Kier molecular flexibility index (Phi) is 1.94. The van der Waals surface area contributed by atoms with Crippen molar-refractivity contribution in [2.75, 3.05) is 0 Å². The summed E-state index contributed by atoms with van der Waals surface area (Å²) in [6.07, 6.45) is 5.44. The highest BCUT2D eigenvalue weighted by Crippen LogP contribution is 2.34. The van der Waals surface area contributed by atoms with Gasteiger partial charge in [0.25, 0.3) is 0 Å². The number of ether oxygens (including phenoxy) is 1. The molecule has 1 fully saturated rings. The average Bonchev–Trinajstić information content (AvgIpc) is 2.28. The minimum atomic E-state index is -0.339. The Balaban J connectivity index is 2.23. The molecular weight excluding hydrogens is 168 g/mol. The lowest BCUT2D eigenvalue weighted by atomic mass is 9.88. The number of fused-ring (bicyclic) bond motifs is 1. The molecule has 1 heterocycles. The monoisotopic (exact) mass is 180 g/mol. The number of esters is 2. The molecule has 2 aliphatic rings. The Labute approximate surface area is 76.8 Å². The number of carbonyl (C=O) groups is 2. The maximum Gasteiger partial charge on any atom is 0.317 e. The molecule has 1 aliphatic heterocycles. The summed E-state index contributed by atoms with van der Waals surface area (Å²) in [5.74, 6) is -0.709. The Morgan fingerprint density at radius 2 is 2.00 bits per heavy atom. The molecule has 0 N–H and O–H groups in total. The third-order valence-electron chi connectivity index (χ3n) is 2.77. The summed E-state index contributed by atoms with van der Waals surface area (Å²) < 4.78 is 4.60. The largest absolute Gasteiger partial charge is 0.393 e. The summed E-state index contributed by atoms with van der Waals surface area (Å²) in [7, 11) is 0. The van der Waals surface area contributed by atoms with Gasteiger partial charge >= 0.3 is 11.9 Å². The molecule has 0 aromatic heterocycles. The smallest absolute Gasteiger partial charge is 0.317 e. The summed E-state index contributed by atoms with van der Waals surface area (Å²) in [5, 5.41) is 0. The van der Waals surface area contributed by atoms with Gasteiger partial charge in [-0.25, -0.2) is 0 Å². The summed E-state index contributed by atoms with van der Waals surface area (Å²) in [5.41, 5.74) is 0. The van der Waals surface area contributed by atoms with Crippen molar-refractivity contribution in [2.24, 2.45) is 17.8 Å². The molecular formula is C10H12O3. The molecule has 0 spiro atoms. The van der Waals surface area contributed by atoms with E-state index in [-0.39, 0.29) is 23.8 Å². The van der Waals surface area contributed by atoms with Crippen LogP contribution in [0.1, 0.15) is 19.8 Å². The molecule has 13 heavy (non-hydrogen) atoms. The van der Waals surface area contributed by atoms with Crippen LogP contribution in [0, 0.1) is 17.8 Å². The molecule has 0 aromatic carbocycles. The first-order valence-electron chi connectivity index (χ1n) is 4.60. The van der Waals surface area contributed by atoms with Crippen LogP contribution in [0.4, 0.5) is 0 Å². The highest BCUT2D eigenvalue weighted by Gasteiger charge is 2.44. The fourth-order valence-electron chi connectivity index (χ4n) is 2.04. The van der Waals surface area contributed by atoms with Crippen molar-refractivity contribution in [3.05, 3.63) is 12.2 Å². The molecule has 0 amide bonds. The van der Waals surface area contributed by atoms with Crippen molar-refractivity contribution in [1.29, 1.82) is 0 Å². The third kappa shape index (κ3) is 1.39. The van der Waals surface area contributed by atoms with Crippen molar-refractivity contribution < 1.29 is 14.3 Å². The van der Waals surface area contributed by atoms with Crippen molar-refractivity contribution in [3.8, 4) is 0 Å². The van der Waals surface area contributed by atoms with Crippen LogP contribution < -0.4 is 0 Å². The summed E-state index contributed by atoms with van der Waals surface area (Å²) >= 11 is 0. The molecule has 0 bridgehead atoms. The highest BCUT2D eigenvalue weighted by molar-refractivity contribution is 5.96. The van der Waals surface area contributed by atoms with Crippen LogP contribution in [0.15, 0.2) is 12.2 Å². The van der Waals surface area contributed by atoms with Crippen LogP contribution in [0.3, 0.4) is 0 Å². The molecule has 3 unspecified atom stereocenters. The van der Waals surface area contributed by atoms with Gasteiger partial charge < -0.3 is 4.74 Å². The molecule has 1 saturated heterocycles. The van der Waals surface area contributed by atoms with Crippen molar-refractivity contribution in [3.63, 3.8) is 0 Å². The number of hydrogen-bond acceptors (Lipinski definition) is 3. The van der Waals surface area contributed by atoms with Gasteiger partial charge in [-0.05, 0) is 18.8 Å². The van der Waals surface area contributed by atoms with E-state index in [0.29, 0.717) is 12.3 Å². The average molecular weight is 180 g/mol. The van der Waals surface area contributed by atoms with Gasteiger partial charge in [0.1, 0.15) is 0 Å². The summed E-state index contributed by atoms with van der Waals surface area (Å²) in [6.45, 7) is 2.05. The van der Waals surface area contributed by atoms with Gasteiger partial charge in [-0.3, -0.25) is 9.59 Å². The number of hydrogen-bond donors (Lipinski definition) is 0. The first kappa shape index (κ1) is 8.48. The number of allylic oxidation sites excluding steroid dienone is 2. The molecule has 0 radical (unpaired) electrons. The number of cyclic esters (lactones) is 2. The van der Waals surface area contributed by atoms with Crippen LogP contribution in [0.2, 0.25) is 0 Å². The van der Waals surface area contributed by atoms with Crippen LogP contribution in [0.25, 0.3) is 0 Å². The van der Waals surface area contributed by atoms with E-state index in [4.69, 9.17) is 0 Å². The first-order valence-corrected chi connectivity index (χ1v) is 4.60. The normalized spacial score (nSPS) is 38.4. The van der Waals surface area contributed by atoms with E-state index >= 15 is 0 Å². The predicted molar refractivity (Wildman–Crippen MR) is 45.6 cm³/mol. The maximum atomic E-state index is 11.2. The van der Waals surface area contributed by atoms with Gasteiger partial charge in [0.2, 0.25) is 0 Å². The maximum absolute atomic E-state index is 11.2. The van der Waals surface area contributed by atoms with Crippen molar-refractivity contribution in [2.45, 2.75) is 19.8 Å². The van der Waals surface area contributed by atoms with E-state index in [1.54, 1.807) is 0 Å². The zero-order valence-corrected chi connectivity index (χ0v) is 7.53. The molecule has 2 rings (SSSR count). The van der Waals surface area contributed by atoms with E-state index < -0.39 is 0 Å². The van der Waals surface area contributed by atoms with E-state index in [1.807, 2.05) is 6.08 Å². The standard InChI is InChI=1S/C10H12O3/c1-6-3-2-4-7-8(5-6)10(12)13-9(7)11/h2-3,6-8H,4-5H2,1H3. The Morgan fingerprint density at radius 3 is 2.77 bits per heavy atom. The SMILES string of the molecule is CC1C=CCC2C(=O)OC(=O)C2C1. The van der Waals surface area contributed by atoms with E-state index in [9.17, 15) is 9.59 Å². The summed E-state index contributed by atoms with van der Waals surface area (Å²) in [6, 6.07) is 0. The van der Waals surface area contributed by atoms with Gasteiger partial charge in [0, 0.05) is 0 Å². The zero-order chi connectivity index (χ0) is 9.42. The molecule has 3 atom stereocenters. The summed E-state index contributed by atoms with van der Waals surface area (Å²) in [4.78, 5) is 22.4. The molecule has 0 saturated carbocycles. The Hall–Kier alpha value is -1.12. The molecule has 3 heteroatoms. The fraction of sp³-hybridized carbons (Fsp3) is 0.600. The van der Waals surface area contributed by atoms with Gasteiger partial charge in [0.15, 0.2) is 0 Å². The number of carbonyl (C=O) groups excluding carboxylic acids is 2. The zero-order valence-electron chi connectivity index (χ0n) is 7.53. The quantitative estimate of drug-likeness (QED) is 0.320. The topological polar surface area (TPSA) is 43.4 Å². The van der Waals surface area contributed by atoms with Crippen LogP contribution in [0.5, 0.6) is 0 Å². The molecule has 0 aromatic rings. The lowest BCUT2D eigenvalue weighted by Gasteiger charge is -2.10. The molecule has 70 valence electrons. The van der Waals surface area contributed by atoms with Crippen LogP contribution in [-0.2, 0) is 14.3 Å². The lowest BCUT2D eigenvalue weighted by Crippen LogP contribution is -2.17. The van der Waals surface area contributed by atoms with Gasteiger partial charge in [-0.15, -0.1) is 0 Å².